The van der Waals surface area contributed by atoms with Crippen molar-refractivity contribution in [1.29, 1.82) is 0 Å². The summed E-state index contributed by atoms with van der Waals surface area (Å²) in [4.78, 5) is 9.08. The molecule has 0 amide bonds. The second kappa shape index (κ2) is 5.83. The van der Waals surface area contributed by atoms with Gasteiger partial charge in [0.05, 0.1) is 20.2 Å². The van der Waals surface area contributed by atoms with Crippen LogP contribution in [0.15, 0.2) is 25.8 Å². The highest BCUT2D eigenvalue weighted by Gasteiger charge is 2.15. The highest BCUT2D eigenvalue weighted by molar-refractivity contribution is 9.12. The Labute approximate surface area is 147 Å². The van der Waals surface area contributed by atoms with Crippen LogP contribution < -0.4 is 4.74 Å². The summed E-state index contributed by atoms with van der Waals surface area (Å²) < 4.78 is 7.25. The minimum atomic E-state index is 0.422. The van der Waals surface area contributed by atoms with Crippen molar-refractivity contribution in [3.63, 3.8) is 0 Å². The Kier molecular flexibility index (Phi) is 4.23. The third-order valence-corrected chi connectivity index (χ3v) is 5.68. The van der Waals surface area contributed by atoms with Gasteiger partial charge >= 0.3 is 0 Å². The van der Waals surface area contributed by atoms with Gasteiger partial charge in [0, 0.05) is 10.9 Å². The smallest absolute Gasteiger partial charge is 0.163 e. The van der Waals surface area contributed by atoms with E-state index >= 15 is 0 Å². The highest BCUT2D eigenvalue weighted by atomic mass is 79.9. The van der Waals surface area contributed by atoms with Crippen molar-refractivity contribution < 1.29 is 4.74 Å². The molecule has 0 aliphatic rings. The van der Waals surface area contributed by atoms with E-state index in [1.807, 2.05) is 25.1 Å². The quantitative estimate of drug-likeness (QED) is 0.461. The number of hydrogen-bond donors (Lipinski definition) is 0. The molecule has 0 saturated carbocycles. The third kappa shape index (κ3) is 2.82. The van der Waals surface area contributed by atoms with E-state index in [1.165, 1.54) is 0 Å². The van der Waals surface area contributed by atoms with Crippen LogP contribution in [0.25, 0.3) is 22.3 Å². The first-order valence-corrected chi connectivity index (χ1v) is 8.74. The van der Waals surface area contributed by atoms with Gasteiger partial charge in [0.1, 0.15) is 10.9 Å². The second-order valence-corrected chi connectivity index (χ2v) is 8.52. The summed E-state index contributed by atoms with van der Waals surface area (Å²) in [6.07, 6.45) is 0. The summed E-state index contributed by atoms with van der Waals surface area (Å²) >= 11 is 14.9. The molecule has 2 aromatic heterocycles. The van der Waals surface area contributed by atoms with Crippen LogP contribution in [-0.4, -0.2) is 17.1 Å². The molecule has 7 heteroatoms. The van der Waals surface area contributed by atoms with E-state index in [-0.39, 0.29) is 0 Å². The Bertz CT molecular complexity index is 851. The lowest BCUT2D eigenvalue weighted by molar-refractivity contribution is 0.415. The lowest BCUT2D eigenvalue weighted by Crippen LogP contribution is -1.94. The molecule has 3 aromatic rings. The molecular weight excluding hydrogens is 439 g/mol. The molecule has 0 N–H and O–H groups in total. The predicted molar refractivity (Wildman–Crippen MR) is 94.6 cm³/mol. The lowest BCUT2D eigenvalue weighted by atomic mass is 10.1. The van der Waals surface area contributed by atoms with E-state index in [4.69, 9.17) is 16.3 Å². The van der Waals surface area contributed by atoms with Gasteiger partial charge < -0.3 is 4.74 Å². The Hall–Kier alpha value is -0.690. The molecule has 0 spiro atoms. The molecule has 0 aliphatic carbocycles. The molecule has 3 rings (SSSR count). The Morgan fingerprint density at radius 2 is 1.95 bits per heavy atom. The SMILES string of the molecule is COc1cc(C)c2nc(-c3cc(Br)sc3Br)nc(Cl)c2c1. The summed E-state index contributed by atoms with van der Waals surface area (Å²) in [6.45, 7) is 1.98. The maximum absolute atomic E-state index is 6.34. The van der Waals surface area contributed by atoms with Crippen LogP contribution >= 0.6 is 54.8 Å². The molecule has 0 aliphatic heterocycles. The van der Waals surface area contributed by atoms with E-state index in [0.717, 1.165) is 35.4 Å². The molecule has 108 valence electrons. The minimum Gasteiger partial charge on any atom is -0.497 e. The Morgan fingerprint density at radius 1 is 1.19 bits per heavy atom. The predicted octanol–water partition coefficient (Wildman–Crippen LogP) is 5.85. The van der Waals surface area contributed by atoms with E-state index in [2.05, 4.69) is 41.8 Å². The average molecular weight is 449 g/mol. The maximum Gasteiger partial charge on any atom is 0.163 e. The largest absolute Gasteiger partial charge is 0.497 e. The second-order valence-electron chi connectivity index (χ2n) is 4.42. The van der Waals surface area contributed by atoms with Gasteiger partial charge in [-0.05, 0) is 62.5 Å². The van der Waals surface area contributed by atoms with Crippen molar-refractivity contribution in [2.75, 3.05) is 7.11 Å². The standard InChI is InChI=1S/C14H9Br2ClN2OS/c1-6-3-7(20-2)4-8-11(6)18-14(19-13(8)17)9-5-10(15)21-12(9)16/h3-5H,1-2H3. The molecule has 0 radical (unpaired) electrons. The average Bonchev–Trinajstić information content (AvgIpc) is 2.78. The van der Waals surface area contributed by atoms with Gasteiger partial charge in [-0.1, -0.05) is 11.6 Å². The number of fused-ring (bicyclic) bond motifs is 1. The molecular formula is C14H9Br2ClN2OS. The minimum absolute atomic E-state index is 0.422. The number of methoxy groups -OCH3 is 1. The van der Waals surface area contributed by atoms with Crippen LogP contribution in [0, 0.1) is 6.92 Å². The van der Waals surface area contributed by atoms with Crippen molar-refractivity contribution in [2.45, 2.75) is 6.92 Å². The number of ether oxygens (including phenoxy) is 1. The van der Waals surface area contributed by atoms with E-state index < -0.39 is 0 Å². The van der Waals surface area contributed by atoms with Crippen molar-refractivity contribution in [3.8, 4) is 17.1 Å². The first kappa shape index (κ1) is 15.2. The zero-order valence-electron chi connectivity index (χ0n) is 11.1. The fourth-order valence-electron chi connectivity index (χ4n) is 2.07. The summed E-state index contributed by atoms with van der Waals surface area (Å²) in [6, 6.07) is 5.77. The summed E-state index contributed by atoms with van der Waals surface area (Å²) in [5, 5.41) is 1.22. The van der Waals surface area contributed by atoms with Gasteiger partial charge in [0.15, 0.2) is 5.82 Å². The van der Waals surface area contributed by atoms with Crippen LogP contribution in [0.3, 0.4) is 0 Å². The zero-order valence-corrected chi connectivity index (χ0v) is 15.8. The van der Waals surface area contributed by atoms with Crippen molar-refractivity contribution in [3.05, 3.63) is 36.5 Å². The van der Waals surface area contributed by atoms with Crippen LogP contribution in [0.5, 0.6) is 5.75 Å². The normalized spacial score (nSPS) is 11.1. The molecule has 21 heavy (non-hydrogen) atoms. The number of aryl methyl sites for hydroxylation is 1. The van der Waals surface area contributed by atoms with Crippen LogP contribution in [-0.2, 0) is 0 Å². The molecule has 0 bridgehead atoms. The van der Waals surface area contributed by atoms with Gasteiger partial charge in [0.2, 0.25) is 0 Å². The van der Waals surface area contributed by atoms with Gasteiger partial charge in [-0.15, -0.1) is 11.3 Å². The topological polar surface area (TPSA) is 35.0 Å². The summed E-state index contributed by atoms with van der Waals surface area (Å²) in [5.41, 5.74) is 2.76. The molecule has 0 atom stereocenters. The third-order valence-electron chi connectivity index (χ3n) is 3.05. The number of benzene rings is 1. The monoisotopic (exact) mass is 446 g/mol. The molecule has 0 saturated heterocycles. The van der Waals surface area contributed by atoms with Crippen molar-refractivity contribution in [1.82, 2.24) is 9.97 Å². The molecule has 0 unspecified atom stereocenters. The zero-order chi connectivity index (χ0) is 15.1. The van der Waals surface area contributed by atoms with Crippen LogP contribution in [0.2, 0.25) is 5.15 Å². The van der Waals surface area contributed by atoms with E-state index in [1.54, 1.807) is 18.4 Å². The molecule has 2 heterocycles. The van der Waals surface area contributed by atoms with Crippen molar-refractivity contribution in [2.24, 2.45) is 0 Å². The Morgan fingerprint density at radius 3 is 2.57 bits per heavy atom. The fourth-order valence-corrected chi connectivity index (χ4v) is 5.08. The van der Waals surface area contributed by atoms with Crippen molar-refractivity contribution >= 4 is 65.7 Å². The Balaban J connectivity index is 2.28. The van der Waals surface area contributed by atoms with Gasteiger partial charge in [0.25, 0.3) is 0 Å². The molecule has 0 fully saturated rings. The molecule has 3 nitrogen and oxygen atoms in total. The number of thiophene rings is 1. The van der Waals surface area contributed by atoms with Gasteiger partial charge in [-0.3, -0.25) is 0 Å². The molecule has 1 aromatic carbocycles. The number of rotatable bonds is 2. The van der Waals surface area contributed by atoms with Gasteiger partial charge in [-0.25, -0.2) is 9.97 Å². The number of aromatic nitrogens is 2. The van der Waals surface area contributed by atoms with E-state index in [0.29, 0.717) is 11.0 Å². The van der Waals surface area contributed by atoms with Crippen LogP contribution in [0.4, 0.5) is 0 Å². The summed E-state index contributed by atoms with van der Waals surface area (Å²) in [7, 11) is 1.63. The summed E-state index contributed by atoms with van der Waals surface area (Å²) in [5.74, 6) is 1.35. The fraction of sp³-hybridized carbons (Fsp3) is 0.143. The highest BCUT2D eigenvalue weighted by Crippen LogP contribution is 2.39. The first-order valence-electron chi connectivity index (χ1n) is 5.96. The number of halogens is 3. The maximum atomic E-state index is 6.34. The lowest BCUT2D eigenvalue weighted by Gasteiger charge is -2.08. The first-order chi connectivity index (χ1) is 9.99. The van der Waals surface area contributed by atoms with E-state index in [9.17, 15) is 0 Å². The number of hydrogen-bond acceptors (Lipinski definition) is 4. The number of nitrogens with zero attached hydrogens (tertiary/aromatic N) is 2. The van der Waals surface area contributed by atoms with Gasteiger partial charge in [-0.2, -0.15) is 0 Å². The van der Waals surface area contributed by atoms with Crippen LogP contribution in [0.1, 0.15) is 5.56 Å².